The number of nitrogens with one attached hydrogen (secondary N) is 1. The molecule has 0 aromatic rings. The average Bonchev–Trinajstić information content (AvgIpc) is 2.87. The molecule has 0 saturated carbocycles. The fourth-order valence-corrected chi connectivity index (χ4v) is 2.77. The number of carboxylic acid groups (broad SMARTS) is 1. The maximum atomic E-state index is 12.1. The summed E-state index contributed by atoms with van der Waals surface area (Å²) < 4.78 is 5.55. The summed E-state index contributed by atoms with van der Waals surface area (Å²) in [6.07, 6.45) is 1.92. The third kappa shape index (κ3) is 2.16. The predicted molar refractivity (Wildman–Crippen MR) is 60.4 cm³/mol. The first-order chi connectivity index (χ1) is 8.04. The fourth-order valence-electron chi connectivity index (χ4n) is 2.77. The van der Waals surface area contributed by atoms with Crippen molar-refractivity contribution in [1.82, 2.24) is 5.32 Å². The number of amides is 1. The Balaban J connectivity index is 2.08. The third-order valence-corrected chi connectivity index (χ3v) is 3.86. The highest BCUT2D eigenvalue weighted by molar-refractivity contribution is 5.86. The molecule has 2 bridgehead atoms. The van der Waals surface area contributed by atoms with Crippen LogP contribution < -0.4 is 5.32 Å². The van der Waals surface area contributed by atoms with Gasteiger partial charge in [-0.05, 0) is 26.2 Å². The van der Waals surface area contributed by atoms with Crippen LogP contribution in [0.3, 0.4) is 0 Å². The molecular weight excluding hydrogens is 222 g/mol. The Morgan fingerprint density at radius 3 is 2.47 bits per heavy atom. The van der Waals surface area contributed by atoms with Crippen LogP contribution in [-0.2, 0) is 14.3 Å². The summed E-state index contributed by atoms with van der Waals surface area (Å²) in [6.45, 7) is 3.90. The minimum atomic E-state index is -0.915. The Kier molecular flexibility index (Phi) is 3.38. The standard InChI is InChI=1S/C12H19NO4/c1-3-6(2)13-11(14)9-7-4-5-8(17-7)10(9)12(15)16/h6-10H,3-5H2,1-2H3,(H,13,14)(H,15,16)/t6-,7-,8+,9-,10-/m1/s1. The van der Waals surface area contributed by atoms with Gasteiger partial charge in [0.2, 0.25) is 5.91 Å². The molecule has 2 heterocycles. The summed E-state index contributed by atoms with van der Waals surface area (Å²) in [5.41, 5.74) is 0. The first-order valence-corrected chi connectivity index (χ1v) is 6.23. The Morgan fingerprint density at radius 1 is 1.35 bits per heavy atom. The molecule has 17 heavy (non-hydrogen) atoms. The van der Waals surface area contributed by atoms with Gasteiger partial charge in [0.25, 0.3) is 0 Å². The Hall–Kier alpha value is -1.10. The summed E-state index contributed by atoms with van der Waals surface area (Å²) in [7, 11) is 0. The van der Waals surface area contributed by atoms with E-state index in [1.54, 1.807) is 0 Å². The van der Waals surface area contributed by atoms with Gasteiger partial charge < -0.3 is 15.2 Å². The van der Waals surface area contributed by atoms with E-state index < -0.39 is 17.8 Å². The fraction of sp³-hybridized carbons (Fsp3) is 0.833. The lowest BCUT2D eigenvalue weighted by atomic mass is 9.78. The highest BCUT2D eigenvalue weighted by Crippen LogP contribution is 2.43. The largest absolute Gasteiger partial charge is 0.481 e. The van der Waals surface area contributed by atoms with Gasteiger partial charge in [-0.1, -0.05) is 6.92 Å². The van der Waals surface area contributed by atoms with Crippen molar-refractivity contribution >= 4 is 11.9 Å². The maximum absolute atomic E-state index is 12.1. The van der Waals surface area contributed by atoms with Gasteiger partial charge in [-0.3, -0.25) is 9.59 Å². The van der Waals surface area contributed by atoms with Gasteiger partial charge in [0.1, 0.15) is 0 Å². The minimum Gasteiger partial charge on any atom is -0.481 e. The monoisotopic (exact) mass is 241 g/mol. The van der Waals surface area contributed by atoms with Gasteiger partial charge in [0.15, 0.2) is 0 Å². The number of ether oxygens (including phenoxy) is 1. The highest BCUT2D eigenvalue weighted by atomic mass is 16.5. The molecule has 5 heteroatoms. The van der Waals surface area contributed by atoms with Crippen molar-refractivity contribution in [3.63, 3.8) is 0 Å². The summed E-state index contributed by atoms with van der Waals surface area (Å²) in [5, 5.41) is 12.0. The molecule has 5 atom stereocenters. The summed E-state index contributed by atoms with van der Waals surface area (Å²) >= 11 is 0. The summed E-state index contributed by atoms with van der Waals surface area (Å²) in [6, 6.07) is 0.0797. The highest BCUT2D eigenvalue weighted by Gasteiger charge is 2.55. The second-order valence-electron chi connectivity index (χ2n) is 5.00. The van der Waals surface area contributed by atoms with Crippen LogP contribution in [0.4, 0.5) is 0 Å². The molecule has 0 unspecified atom stereocenters. The average molecular weight is 241 g/mol. The number of carbonyl (C=O) groups excluding carboxylic acids is 1. The van der Waals surface area contributed by atoms with Crippen molar-refractivity contribution in [3.8, 4) is 0 Å². The van der Waals surface area contributed by atoms with Crippen molar-refractivity contribution < 1.29 is 19.4 Å². The molecule has 5 nitrogen and oxygen atoms in total. The zero-order valence-corrected chi connectivity index (χ0v) is 10.2. The van der Waals surface area contributed by atoms with Gasteiger partial charge in [0, 0.05) is 6.04 Å². The molecular formula is C12H19NO4. The van der Waals surface area contributed by atoms with Crippen LogP contribution >= 0.6 is 0 Å². The molecule has 2 aliphatic heterocycles. The van der Waals surface area contributed by atoms with Crippen molar-refractivity contribution in [3.05, 3.63) is 0 Å². The molecule has 2 saturated heterocycles. The maximum Gasteiger partial charge on any atom is 0.310 e. The molecule has 0 spiro atoms. The van der Waals surface area contributed by atoms with Gasteiger partial charge in [-0.25, -0.2) is 0 Å². The lowest BCUT2D eigenvalue weighted by molar-refractivity contribution is -0.148. The Labute approximate surface area is 101 Å². The first kappa shape index (κ1) is 12.4. The van der Waals surface area contributed by atoms with Crippen LogP contribution in [0.5, 0.6) is 0 Å². The third-order valence-electron chi connectivity index (χ3n) is 3.86. The topological polar surface area (TPSA) is 75.6 Å². The lowest BCUT2D eigenvalue weighted by Crippen LogP contribution is -2.46. The second-order valence-corrected chi connectivity index (χ2v) is 5.00. The van der Waals surface area contributed by atoms with Gasteiger partial charge in [-0.2, -0.15) is 0 Å². The Morgan fingerprint density at radius 2 is 1.94 bits per heavy atom. The molecule has 0 radical (unpaired) electrons. The van der Waals surface area contributed by atoms with E-state index in [0.29, 0.717) is 0 Å². The van der Waals surface area contributed by atoms with Crippen LogP contribution in [0.25, 0.3) is 0 Å². The number of hydrogen-bond acceptors (Lipinski definition) is 3. The molecule has 1 amide bonds. The predicted octanol–water partition coefficient (Wildman–Crippen LogP) is 0.779. The van der Waals surface area contributed by atoms with Crippen molar-refractivity contribution in [1.29, 1.82) is 0 Å². The van der Waals surface area contributed by atoms with Crippen LogP contribution in [0.15, 0.2) is 0 Å². The number of aliphatic carboxylic acids is 1. The van der Waals surface area contributed by atoms with Crippen LogP contribution in [-0.4, -0.2) is 35.2 Å². The normalized spacial score (nSPS) is 36.8. The minimum absolute atomic E-state index is 0.0797. The number of hydrogen-bond donors (Lipinski definition) is 2. The Bertz CT molecular complexity index is 330. The van der Waals surface area contributed by atoms with Crippen LogP contribution in [0.2, 0.25) is 0 Å². The molecule has 2 fully saturated rings. The number of rotatable bonds is 4. The van der Waals surface area contributed by atoms with Crippen LogP contribution in [0.1, 0.15) is 33.1 Å². The van der Waals surface area contributed by atoms with Crippen molar-refractivity contribution in [2.24, 2.45) is 11.8 Å². The first-order valence-electron chi connectivity index (χ1n) is 6.23. The number of carbonyl (C=O) groups is 2. The SMILES string of the molecule is CC[C@@H](C)NC(=O)[C@H]1[C@H](C(=O)O)[C@@H]2CC[C@H]1O2. The molecule has 0 aromatic heterocycles. The summed E-state index contributed by atoms with van der Waals surface area (Å²) in [4.78, 5) is 23.3. The zero-order chi connectivity index (χ0) is 12.6. The smallest absolute Gasteiger partial charge is 0.310 e. The van der Waals surface area contributed by atoms with E-state index in [1.807, 2.05) is 13.8 Å². The van der Waals surface area contributed by atoms with E-state index in [-0.39, 0.29) is 24.2 Å². The van der Waals surface area contributed by atoms with E-state index in [4.69, 9.17) is 4.74 Å². The lowest BCUT2D eigenvalue weighted by Gasteiger charge is -2.25. The number of carboxylic acids is 1. The van der Waals surface area contributed by atoms with E-state index in [2.05, 4.69) is 5.32 Å². The molecule has 2 rings (SSSR count). The molecule has 2 aliphatic rings. The molecule has 0 aromatic carbocycles. The van der Waals surface area contributed by atoms with Crippen molar-refractivity contribution in [2.75, 3.05) is 0 Å². The quantitative estimate of drug-likeness (QED) is 0.762. The molecule has 96 valence electrons. The van der Waals surface area contributed by atoms with Gasteiger partial charge in [-0.15, -0.1) is 0 Å². The molecule has 0 aliphatic carbocycles. The van der Waals surface area contributed by atoms with Crippen molar-refractivity contribution in [2.45, 2.75) is 51.4 Å². The molecule has 2 N–H and O–H groups in total. The second kappa shape index (κ2) is 4.64. The van der Waals surface area contributed by atoms with E-state index in [1.165, 1.54) is 0 Å². The van der Waals surface area contributed by atoms with Crippen LogP contribution in [0, 0.1) is 11.8 Å². The van der Waals surface area contributed by atoms with Gasteiger partial charge in [0.05, 0.1) is 24.0 Å². The van der Waals surface area contributed by atoms with E-state index in [0.717, 1.165) is 19.3 Å². The van der Waals surface area contributed by atoms with E-state index >= 15 is 0 Å². The summed E-state index contributed by atoms with van der Waals surface area (Å²) in [5.74, 6) is -2.27. The number of fused-ring (bicyclic) bond motifs is 2. The van der Waals surface area contributed by atoms with E-state index in [9.17, 15) is 14.7 Å². The van der Waals surface area contributed by atoms with Gasteiger partial charge >= 0.3 is 5.97 Å². The zero-order valence-electron chi connectivity index (χ0n) is 10.2.